The summed E-state index contributed by atoms with van der Waals surface area (Å²) in [5.74, 6) is -1.34. The smallest absolute Gasteiger partial charge is 0.328 e. The summed E-state index contributed by atoms with van der Waals surface area (Å²) in [4.78, 5) is 37.5. The molecule has 178 valence electrons. The molecule has 1 atom stereocenters. The van der Waals surface area contributed by atoms with Crippen LogP contribution >= 0.6 is 0 Å². The van der Waals surface area contributed by atoms with E-state index in [-0.39, 0.29) is 24.6 Å². The summed E-state index contributed by atoms with van der Waals surface area (Å²) in [5.41, 5.74) is 0.814. The Morgan fingerprint density at radius 2 is 2.09 bits per heavy atom. The lowest BCUT2D eigenvalue weighted by Gasteiger charge is -2.23. The number of aromatic hydroxyl groups is 1. The lowest BCUT2D eigenvalue weighted by molar-refractivity contribution is -0.134. The first-order valence-electron chi connectivity index (χ1n) is 11.5. The summed E-state index contributed by atoms with van der Waals surface area (Å²) in [5, 5.41) is 10.8. The summed E-state index contributed by atoms with van der Waals surface area (Å²) in [6.45, 7) is 4.02. The van der Waals surface area contributed by atoms with Crippen LogP contribution in [0.4, 0.5) is 4.39 Å². The van der Waals surface area contributed by atoms with Crippen LogP contribution in [0, 0.1) is 5.82 Å². The molecule has 0 amide bonds. The number of rotatable bonds is 9. The van der Waals surface area contributed by atoms with E-state index in [2.05, 4.69) is 19.9 Å². The van der Waals surface area contributed by atoms with E-state index in [9.17, 15) is 23.9 Å². The highest BCUT2D eigenvalue weighted by Gasteiger charge is 2.24. The predicted molar refractivity (Wildman–Crippen MR) is 123 cm³/mol. The average molecular weight is 459 g/mol. The maximum Gasteiger partial charge on any atom is 0.328 e. The molecule has 0 saturated carbocycles. The lowest BCUT2D eigenvalue weighted by atomic mass is 9.84. The Kier molecular flexibility index (Phi) is 8.25. The third kappa shape index (κ3) is 6.43. The number of esters is 1. The van der Waals surface area contributed by atoms with E-state index in [0.29, 0.717) is 11.3 Å². The zero-order valence-corrected chi connectivity index (χ0v) is 19.2. The minimum absolute atomic E-state index is 0.0536. The molecule has 1 aliphatic carbocycles. The zero-order chi connectivity index (χ0) is 24.0. The van der Waals surface area contributed by atoms with Gasteiger partial charge in [-0.1, -0.05) is 31.4 Å². The van der Waals surface area contributed by atoms with Gasteiger partial charge in [-0.2, -0.15) is 4.39 Å². The summed E-state index contributed by atoms with van der Waals surface area (Å²) in [6.07, 6.45) is 9.37. The number of phenolic OH excluding ortho intramolecular Hbond substituents is 1. The highest BCUT2D eigenvalue weighted by Crippen LogP contribution is 2.42. The second-order valence-corrected chi connectivity index (χ2v) is 8.65. The third-order valence-corrected chi connectivity index (χ3v) is 5.94. The average Bonchev–Trinajstić information content (AvgIpc) is 2.75. The number of aryl methyl sites for hydroxylation is 2. The van der Waals surface area contributed by atoms with Crippen LogP contribution in [0.25, 0.3) is 0 Å². The molecule has 0 bridgehead atoms. The first-order valence-corrected chi connectivity index (χ1v) is 11.5. The third-order valence-electron chi connectivity index (χ3n) is 5.94. The van der Waals surface area contributed by atoms with Crippen molar-refractivity contribution in [3.05, 3.63) is 67.8 Å². The minimum Gasteiger partial charge on any atom is -0.507 e. The van der Waals surface area contributed by atoms with E-state index in [1.165, 1.54) is 5.57 Å². The number of halogens is 1. The number of ether oxygens (including phenoxy) is 1. The maximum atomic E-state index is 13.5. The summed E-state index contributed by atoms with van der Waals surface area (Å²) in [7, 11) is 0. The standard InChI is InChI=1S/C25H31FN2O5/c1-3-4-5-8-17-13-20(29)23(18-9-6-7-16(2)12-18)21(14-17)33-22(30)10-11-28-15-19(26)24(31)27-25(28)32/h12-15,18,29H,3-11H2,1-2H3,(H,27,31,32). The molecule has 0 aliphatic heterocycles. The monoisotopic (exact) mass is 458 g/mol. The number of hydrogen-bond donors (Lipinski definition) is 2. The van der Waals surface area contributed by atoms with Gasteiger partial charge >= 0.3 is 11.7 Å². The second-order valence-electron chi connectivity index (χ2n) is 8.65. The van der Waals surface area contributed by atoms with Gasteiger partial charge < -0.3 is 9.84 Å². The van der Waals surface area contributed by atoms with Gasteiger partial charge in [0, 0.05) is 18.0 Å². The van der Waals surface area contributed by atoms with Crippen LogP contribution in [0.1, 0.15) is 75.8 Å². The fraction of sp³-hybridized carbons (Fsp3) is 0.480. The Morgan fingerprint density at radius 3 is 2.82 bits per heavy atom. The van der Waals surface area contributed by atoms with Crippen molar-refractivity contribution in [2.24, 2.45) is 0 Å². The van der Waals surface area contributed by atoms with E-state index in [1.54, 1.807) is 6.07 Å². The van der Waals surface area contributed by atoms with E-state index in [0.717, 1.165) is 61.3 Å². The molecular formula is C25H31FN2O5. The normalized spacial score (nSPS) is 15.8. The second kappa shape index (κ2) is 11.1. The molecule has 8 heteroatoms. The van der Waals surface area contributed by atoms with Crippen LogP contribution in [-0.4, -0.2) is 20.6 Å². The van der Waals surface area contributed by atoms with Crippen LogP contribution in [0.2, 0.25) is 0 Å². The summed E-state index contributed by atoms with van der Waals surface area (Å²) >= 11 is 0. The van der Waals surface area contributed by atoms with Gasteiger partial charge in [0.1, 0.15) is 11.5 Å². The number of aromatic amines is 1. The number of hydrogen-bond acceptors (Lipinski definition) is 5. The molecule has 7 nitrogen and oxygen atoms in total. The fourth-order valence-electron chi connectivity index (χ4n) is 4.22. The van der Waals surface area contributed by atoms with E-state index >= 15 is 0 Å². The zero-order valence-electron chi connectivity index (χ0n) is 19.2. The number of H-pyrrole nitrogens is 1. The van der Waals surface area contributed by atoms with Gasteiger partial charge in [-0.05, 0) is 56.7 Å². The SMILES string of the molecule is CCCCCc1cc(O)c(C2C=C(C)CCC2)c(OC(=O)CCn2cc(F)c(=O)[nH]c2=O)c1. The van der Waals surface area contributed by atoms with Gasteiger partial charge in [-0.3, -0.25) is 19.1 Å². The van der Waals surface area contributed by atoms with Crippen LogP contribution < -0.4 is 16.0 Å². The number of carbonyl (C=O) groups excluding carboxylic acids is 1. The topological polar surface area (TPSA) is 101 Å². The van der Waals surface area contributed by atoms with E-state index < -0.39 is 23.0 Å². The van der Waals surface area contributed by atoms with Crippen molar-refractivity contribution in [2.45, 2.75) is 77.7 Å². The molecule has 33 heavy (non-hydrogen) atoms. The van der Waals surface area contributed by atoms with Crippen molar-refractivity contribution in [1.82, 2.24) is 9.55 Å². The van der Waals surface area contributed by atoms with Crippen LogP contribution in [0.15, 0.2) is 39.6 Å². The van der Waals surface area contributed by atoms with Gasteiger partial charge in [0.15, 0.2) is 0 Å². The molecule has 1 aromatic carbocycles. The first kappa shape index (κ1) is 24.5. The molecule has 0 fully saturated rings. The van der Waals surface area contributed by atoms with Crippen molar-refractivity contribution in [3.8, 4) is 11.5 Å². The molecule has 1 aromatic heterocycles. The quantitative estimate of drug-likeness (QED) is 0.252. The van der Waals surface area contributed by atoms with Crippen molar-refractivity contribution in [3.63, 3.8) is 0 Å². The molecule has 1 aliphatic rings. The number of allylic oxidation sites excluding steroid dienone is 2. The maximum absolute atomic E-state index is 13.5. The Balaban J connectivity index is 1.83. The molecule has 2 aromatic rings. The van der Waals surface area contributed by atoms with Gasteiger partial charge in [-0.15, -0.1) is 0 Å². The van der Waals surface area contributed by atoms with Crippen LogP contribution in [0.3, 0.4) is 0 Å². The van der Waals surface area contributed by atoms with Gasteiger partial charge in [0.25, 0.3) is 5.56 Å². The molecule has 0 radical (unpaired) electrons. The number of aromatic nitrogens is 2. The fourth-order valence-corrected chi connectivity index (χ4v) is 4.22. The molecule has 1 heterocycles. The largest absolute Gasteiger partial charge is 0.507 e. The van der Waals surface area contributed by atoms with E-state index in [1.807, 2.05) is 11.1 Å². The molecule has 0 saturated heterocycles. The van der Waals surface area contributed by atoms with Crippen LogP contribution in [-0.2, 0) is 17.8 Å². The van der Waals surface area contributed by atoms with Crippen LogP contribution in [0.5, 0.6) is 11.5 Å². The molecule has 2 N–H and O–H groups in total. The Bertz CT molecular complexity index is 1150. The number of phenols is 1. The number of nitrogens with zero attached hydrogens (tertiary/aromatic N) is 1. The molecule has 1 unspecified atom stereocenters. The number of carbonyl (C=O) groups is 1. The number of unbranched alkanes of at least 4 members (excludes halogenated alkanes) is 2. The van der Waals surface area contributed by atoms with Crippen molar-refractivity contribution in [2.75, 3.05) is 0 Å². The Hall–Kier alpha value is -3.16. The van der Waals surface area contributed by atoms with Gasteiger partial charge in [0.05, 0.1) is 12.6 Å². The highest BCUT2D eigenvalue weighted by atomic mass is 19.1. The Labute approximate surface area is 191 Å². The van der Waals surface area contributed by atoms with Crippen molar-refractivity contribution in [1.29, 1.82) is 0 Å². The first-order chi connectivity index (χ1) is 15.8. The molecule has 3 rings (SSSR count). The summed E-state index contributed by atoms with van der Waals surface area (Å²) in [6, 6.07) is 3.56. The number of nitrogens with one attached hydrogen (secondary N) is 1. The molecule has 0 spiro atoms. The van der Waals surface area contributed by atoms with Crippen molar-refractivity contribution >= 4 is 5.97 Å². The minimum atomic E-state index is -1.10. The molecular weight excluding hydrogens is 427 g/mol. The lowest BCUT2D eigenvalue weighted by Crippen LogP contribution is -2.32. The van der Waals surface area contributed by atoms with E-state index in [4.69, 9.17) is 4.74 Å². The Morgan fingerprint density at radius 1 is 1.30 bits per heavy atom. The highest BCUT2D eigenvalue weighted by molar-refractivity contribution is 5.73. The van der Waals surface area contributed by atoms with Gasteiger partial charge in [0.2, 0.25) is 5.82 Å². The summed E-state index contributed by atoms with van der Waals surface area (Å²) < 4.78 is 20.1. The number of benzene rings is 1. The van der Waals surface area contributed by atoms with Crippen molar-refractivity contribution < 1.29 is 19.0 Å². The van der Waals surface area contributed by atoms with Gasteiger partial charge in [-0.25, -0.2) is 4.79 Å². The predicted octanol–water partition coefficient (Wildman–Crippen LogP) is 4.32.